The Morgan fingerprint density at radius 3 is 2.42 bits per heavy atom. The van der Waals surface area contributed by atoms with E-state index < -0.39 is 27.9 Å². The molecule has 1 heterocycles. The molecule has 0 aliphatic carbocycles. The molecule has 1 aliphatic rings. The summed E-state index contributed by atoms with van der Waals surface area (Å²) in [7, 11) is -3.75. The van der Waals surface area contributed by atoms with E-state index in [0.29, 0.717) is 23.9 Å². The van der Waals surface area contributed by atoms with Gasteiger partial charge >= 0.3 is 0 Å². The summed E-state index contributed by atoms with van der Waals surface area (Å²) in [5, 5.41) is 3.20. The van der Waals surface area contributed by atoms with Crippen LogP contribution in [0.25, 0.3) is 0 Å². The van der Waals surface area contributed by atoms with Crippen LogP contribution in [0, 0.1) is 5.92 Å². The van der Waals surface area contributed by atoms with Crippen molar-refractivity contribution in [3.63, 3.8) is 0 Å². The minimum Gasteiger partial charge on any atom is -0.379 e. The molecule has 1 atom stereocenters. The molecule has 3 N–H and O–H groups in total. The van der Waals surface area contributed by atoms with Gasteiger partial charge in [-0.3, -0.25) is 20.4 Å². The van der Waals surface area contributed by atoms with Crippen molar-refractivity contribution < 1.29 is 22.7 Å². The Balaban J connectivity index is 1.70. The van der Waals surface area contributed by atoms with Crippen molar-refractivity contribution in [1.82, 2.24) is 15.0 Å². The third kappa shape index (κ3) is 6.44. The predicted octanol–water partition coefficient (Wildman–Crippen LogP) is 2.26. The summed E-state index contributed by atoms with van der Waals surface area (Å²) in [4.78, 5) is 25.6. The van der Waals surface area contributed by atoms with Crippen molar-refractivity contribution in [2.75, 3.05) is 31.7 Å². The largest absolute Gasteiger partial charge is 0.379 e. The van der Waals surface area contributed by atoms with Crippen LogP contribution in [-0.2, 0) is 19.6 Å². The van der Waals surface area contributed by atoms with E-state index in [2.05, 4.69) is 16.2 Å². The van der Waals surface area contributed by atoms with Gasteiger partial charge in [-0.15, -0.1) is 0 Å². The number of hydrazine groups is 1. The molecule has 1 unspecified atom stereocenters. The van der Waals surface area contributed by atoms with E-state index in [-0.39, 0.29) is 29.5 Å². The van der Waals surface area contributed by atoms with Crippen molar-refractivity contribution in [3.05, 3.63) is 59.1 Å². The number of ether oxygens (including phenoxy) is 1. The maximum absolute atomic E-state index is 12.9. The van der Waals surface area contributed by atoms with E-state index in [4.69, 9.17) is 16.3 Å². The highest BCUT2D eigenvalue weighted by Crippen LogP contribution is 2.19. The van der Waals surface area contributed by atoms with Gasteiger partial charge in [-0.25, -0.2) is 8.42 Å². The van der Waals surface area contributed by atoms with Gasteiger partial charge < -0.3 is 10.1 Å². The summed E-state index contributed by atoms with van der Waals surface area (Å²) in [6.07, 6.45) is 0. The fourth-order valence-electron chi connectivity index (χ4n) is 3.27. The van der Waals surface area contributed by atoms with Crippen molar-refractivity contribution in [2.45, 2.75) is 24.8 Å². The lowest BCUT2D eigenvalue weighted by atomic mass is 10.0. The van der Waals surface area contributed by atoms with Crippen LogP contribution in [0.15, 0.2) is 53.4 Å². The Kier molecular flexibility index (Phi) is 8.30. The Labute approximate surface area is 198 Å². The molecule has 0 radical (unpaired) electrons. The van der Waals surface area contributed by atoms with E-state index in [1.54, 1.807) is 38.1 Å². The molecule has 1 saturated heterocycles. The van der Waals surface area contributed by atoms with E-state index in [1.165, 1.54) is 28.6 Å². The van der Waals surface area contributed by atoms with Gasteiger partial charge in [-0.1, -0.05) is 37.6 Å². The fourth-order valence-corrected chi connectivity index (χ4v) is 4.92. The Morgan fingerprint density at radius 1 is 1.06 bits per heavy atom. The van der Waals surface area contributed by atoms with Crippen LogP contribution in [0.3, 0.4) is 0 Å². The Hall–Kier alpha value is -2.66. The summed E-state index contributed by atoms with van der Waals surface area (Å²) in [6, 6.07) is 11.7. The fraction of sp³-hybridized carbons (Fsp3) is 0.364. The highest BCUT2D eigenvalue weighted by molar-refractivity contribution is 7.89. The monoisotopic (exact) mass is 494 g/mol. The molecule has 2 amide bonds. The summed E-state index contributed by atoms with van der Waals surface area (Å²) < 4.78 is 32.4. The van der Waals surface area contributed by atoms with Crippen LogP contribution in [0.1, 0.15) is 24.2 Å². The van der Waals surface area contributed by atoms with Crippen LogP contribution in [0.5, 0.6) is 0 Å². The van der Waals surface area contributed by atoms with Gasteiger partial charge in [-0.05, 0) is 42.3 Å². The normalized spacial score (nSPS) is 15.6. The molecular formula is C22H27ClN4O5S. The second-order valence-corrected chi connectivity index (χ2v) is 10.2. The Bertz CT molecular complexity index is 1100. The van der Waals surface area contributed by atoms with E-state index in [0.717, 1.165) is 0 Å². The lowest BCUT2D eigenvalue weighted by molar-refractivity contribution is -0.123. The topological polar surface area (TPSA) is 117 Å². The van der Waals surface area contributed by atoms with Crippen LogP contribution >= 0.6 is 11.6 Å². The molecule has 2 aromatic carbocycles. The minimum atomic E-state index is -3.75. The average molecular weight is 495 g/mol. The van der Waals surface area contributed by atoms with Crippen molar-refractivity contribution in [2.24, 2.45) is 5.92 Å². The molecule has 0 saturated carbocycles. The van der Waals surface area contributed by atoms with E-state index in [9.17, 15) is 18.0 Å². The van der Waals surface area contributed by atoms with Crippen LogP contribution in [-0.4, -0.2) is 56.9 Å². The second kappa shape index (κ2) is 11.0. The van der Waals surface area contributed by atoms with E-state index in [1.807, 2.05) is 0 Å². The van der Waals surface area contributed by atoms with Crippen molar-refractivity contribution in [3.8, 4) is 0 Å². The van der Waals surface area contributed by atoms with Gasteiger partial charge in [0.15, 0.2) is 0 Å². The van der Waals surface area contributed by atoms with Crippen LogP contribution in [0.2, 0.25) is 5.02 Å². The SMILES string of the molecule is CC(C)C(NC(=O)c1cccc(S(=O)(=O)N2CCOCC2)c1)C(=O)NNc1cccc(Cl)c1. The van der Waals surface area contributed by atoms with Crippen molar-refractivity contribution >= 4 is 39.1 Å². The maximum Gasteiger partial charge on any atom is 0.261 e. The number of halogens is 1. The number of hydrogen-bond donors (Lipinski definition) is 3. The van der Waals surface area contributed by atoms with Gasteiger partial charge in [0, 0.05) is 23.7 Å². The zero-order chi connectivity index (χ0) is 24.0. The standard InChI is InChI=1S/C22H27ClN4O5S/c1-15(2)20(22(29)26-25-18-7-4-6-17(23)14-18)24-21(28)16-5-3-8-19(13-16)33(30,31)27-9-11-32-12-10-27/h3-8,13-15,20,25H,9-12H2,1-2H3,(H,24,28)(H,26,29). The summed E-state index contributed by atoms with van der Waals surface area (Å²) >= 11 is 5.94. The predicted molar refractivity (Wildman–Crippen MR) is 125 cm³/mol. The molecule has 3 rings (SSSR count). The van der Waals surface area contributed by atoms with Gasteiger partial charge in [0.25, 0.3) is 11.8 Å². The van der Waals surface area contributed by atoms with Crippen molar-refractivity contribution in [1.29, 1.82) is 0 Å². The number of hydrogen-bond acceptors (Lipinski definition) is 6. The first-order valence-corrected chi connectivity index (χ1v) is 12.3. The highest BCUT2D eigenvalue weighted by atomic mass is 35.5. The average Bonchev–Trinajstić information content (AvgIpc) is 2.81. The third-order valence-corrected chi connectivity index (χ3v) is 7.22. The number of carbonyl (C=O) groups excluding carboxylic acids is 2. The molecule has 1 aliphatic heterocycles. The molecule has 1 fully saturated rings. The second-order valence-electron chi connectivity index (χ2n) is 7.86. The first-order chi connectivity index (χ1) is 15.7. The minimum absolute atomic E-state index is 0.0187. The molecule has 2 aromatic rings. The number of anilines is 1. The molecule has 0 aromatic heterocycles. The molecule has 11 heteroatoms. The van der Waals surface area contributed by atoms with E-state index >= 15 is 0 Å². The number of nitrogens with one attached hydrogen (secondary N) is 3. The first-order valence-electron chi connectivity index (χ1n) is 10.5. The molecule has 0 spiro atoms. The smallest absolute Gasteiger partial charge is 0.261 e. The maximum atomic E-state index is 12.9. The number of morpholine rings is 1. The van der Waals surface area contributed by atoms with Crippen LogP contribution < -0.4 is 16.2 Å². The molecule has 178 valence electrons. The van der Waals surface area contributed by atoms with Gasteiger partial charge in [-0.2, -0.15) is 4.31 Å². The van der Waals surface area contributed by atoms with Gasteiger partial charge in [0.05, 0.1) is 23.8 Å². The zero-order valence-electron chi connectivity index (χ0n) is 18.4. The number of carbonyl (C=O) groups is 2. The summed E-state index contributed by atoms with van der Waals surface area (Å²) in [6.45, 7) is 4.76. The quantitative estimate of drug-likeness (QED) is 0.485. The zero-order valence-corrected chi connectivity index (χ0v) is 19.9. The molecular weight excluding hydrogens is 468 g/mol. The lowest BCUT2D eigenvalue weighted by Gasteiger charge is -2.26. The molecule has 0 bridgehead atoms. The van der Waals surface area contributed by atoms with Gasteiger partial charge in [0.1, 0.15) is 6.04 Å². The van der Waals surface area contributed by atoms with Crippen LogP contribution in [0.4, 0.5) is 5.69 Å². The number of sulfonamides is 1. The van der Waals surface area contributed by atoms with Gasteiger partial charge in [0.2, 0.25) is 10.0 Å². The molecule has 33 heavy (non-hydrogen) atoms. The number of nitrogens with zero attached hydrogens (tertiary/aromatic N) is 1. The highest BCUT2D eigenvalue weighted by Gasteiger charge is 2.28. The lowest BCUT2D eigenvalue weighted by Crippen LogP contribution is -2.51. The first kappa shape index (κ1) is 25.0. The summed E-state index contributed by atoms with van der Waals surface area (Å²) in [5.41, 5.74) is 6.07. The third-order valence-electron chi connectivity index (χ3n) is 5.09. The Morgan fingerprint density at radius 2 is 1.76 bits per heavy atom. The number of benzene rings is 2. The summed E-state index contributed by atoms with van der Waals surface area (Å²) in [5.74, 6) is -1.23. The number of amides is 2. The molecule has 9 nitrogen and oxygen atoms in total. The number of rotatable bonds is 8.